The molecule has 166 valence electrons. The Hall–Kier alpha value is -4.22. The van der Waals surface area contributed by atoms with Gasteiger partial charge in [-0.05, 0) is 36.3 Å². The minimum absolute atomic E-state index is 0.162. The number of nitrogens with one attached hydrogen (secondary N) is 1. The van der Waals surface area contributed by atoms with E-state index >= 15 is 0 Å². The predicted octanol–water partition coefficient (Wildman–Crippen LogP) is 4.92. The first kappa shape index (κ1) is 23.4. The van der Waals surface area contributed by atoms with E-state index in [-0.39, 0.29) is 17.7 Å². The van der Waals surface area contributed by atoms with Crippen molar-refractivity contribution in [3.05, 3.63) is 82.2 Å². The number of benzene rings is 2. The lowest BCUT2D eigenvalue weighted by Gasteiger charge is -2.08. The fraction of sp³-hybridized carbons (Fsp3) is 0.120. The first-order valence-corrected chi connectivity index (χ1v) is 10.8. The number of methoxy groups -OCH3 is 1. The van der Waals surface area contributed by atoms with E-state index in [1.807, 2.05) is 36.4 Å². The van der Waals surface area contributed by atoms with E-state index in [0.717, 1.165) is 5.56 Å². The van der Waals surface area contributed by atoms with Crippen LogP contribution in [0.5, 0.6) is 0 Å². The summed E-state index contributed by atoms with van der Waals surface area (Å²) in [4.78, 5) is 37.0. The average Bonchev–Trinajstić information content (AvgIpc) is 3.26. The number of ether oxygens (including phenoxy) is 2. The maximum atomic E-state index is 12.8. The zero-order valence-corrected chi connectivity index (χ0v) is 18.8. The average molecular weight is 461 g/mol. The molecule has 0 saturated heterocycles. The van der Waals surface area contributed by atoms with Crippen molar-refractivity contribution in [3.63, 3.8) is 0 Å². The summed E-state index contributed by atoms with van der Waals surface area (Å²) in [7, 11) is 1.28. The van der Waals surface area contributed by atoms with Crippen LogP contribution in [0.15, 0.2) is 65.6 Å². The number of thiophene rings is 1. The summed E-state index contributed by atoms with van der Waals surface area (Å²) in [6.45, 7) is 1.88. The maximum absolute atomic E-state index is 12.8. The molecule has 8 heteroatoms. The molecule has 0 unspecified atom stereocenters. The standard InChI is InChI=1S/C25H20N2O5S/c1-3-32-25(30)21-20(17-7-5-4-6-8-17)15-33-23(21)27-22(28)19(14-26)13-16-9-11-18(12-10-16)24(29)31-2/h4-13,15H,3H2,1-2H3,(H,27,28)/b19-13+. The van der Waals surface area contributed by atoms with Crippen LogP contribution in [0.1, 0.15) is 33.2 Å². The highest BCUT2D eigenvalue weighted by molar-refractivity contribution is 7.15. The second-order valence-electron chi connectivity index (χ2n) is 6.68. The summed E-state index contributed by atoms with van der Waals surface area (Å²) >= 11 is 1.17. The summed E-state index contributed by atoms with van der Waals surface area (Å²) in [6.07, 6.45) is 1.39. The van der Waals surface area contributed by atoms with Crippen LogP contribution in [0.3, 0.4) is 0 Å². The molecule has 1 N–H and O–H groups in total. The van der Waals surface area contributed by atoms with Crippen LogP contribution in [0.25, 0.3) is 17.2 Å². The summed E-state index contributed by atoms with van der Waals surface area (Å²) in [5.41, 5.74) is 2.42. The molecule has 33 heavy (non-hydrogen) atoms. The van der Waals surface area contributed by atoms with Crippen molar-refractivity contribution in [1.82, 2.24) is 0 Å². The van der Waals surface area contributed by atoms with Gasteiger partial charge in [-0.1, -0.05) is 42.5 Å². The molecule has 2 aromatic carbocycles. The van der Waals surface area contributed by atoms with Crippen molar-refractivity contribution in [2.24, 2.45) is 0 Å². The normalized spacial score (nSPS) is 10.8. The fourth-order valence-electron chi connectivity index (χ4n) is 3.00. The monoisotopic (exact) mass is 460 g/mol. The van der Waals surface area contributed by atoms with Crippen LogP contribution >= 0.6 is 11.3 Å². The van der Waals surface area contributed by atoms with Gasteiger partial charge in [0, 0.05) is 10.9 Å². The van der Waals surface area contributed by atoms with Gasteiger partial charge in [-0.15, -0.1) is 11.3 Å². The van der Waals surface area contributed by atoms with Gasteiger partial charge in [0.25, 0.3) is 5.91 Å². The van der Waals surface area contributed by atoms with E-state index < -0.39 is 17.8 Å². The Morgan fingerprint density at radius 3 is 2.36 bits per heavy atom. The first-order chi connectivity index (χ1) is 16.0. The summed E-state index contributed by atoms with van der Waals surface area (Å²) < 4.78 is 9.85. The van der Waals surface area contributed by atoms with Crippen LogP contribution in [0.4, 0.5) is 5.00 Å². The van der Waals surface area contributed by atoms with Crippen LogP contribution in [0, 0.1) is 11.3 Å². The molecule has 3 rings (SSSR count). The van der Waals surface area contributed by atoms with Crippen molar-refractivity contribution >= 4 is 40.3 Å². The molecule has 0 aliphatic heterocycles. The van der Waals surface area contributed by atoms with Gasteiger partial charge in [-0.3, -0.25) is 4.79 Å². The van der Waals surface area contributed by atoms with Crippen LogP contribution < -0.4 is 5.32 Å². The van der Waals surface area contributed by atoms with Crippen LogP contribution in [-0.4, -0.2) is 31.6 Å². The number of amides is 1. The minimum atomic E-state index is -0.665. The van der Waals surface area contributed by atoms with E-state index in [9.17, 15) is 19.6 Å². The Morgan fingerprint density at radius 2 is 1.76 bits per heavy atom. The van der Waals surface area contributed by atoms with Gasteiger partial charge in [0.2, 0.25) is 0 Å². The van der Waals surface area contributed by atoms with Gasteiger partial charge in [0.1, 0.15) is 22.2 Å². The number of nitrogens with zero attached hydrogens (tertiary/aromatic N) is 1. The summed E-state index contributed by atoms with van der Waals surface area (Å²) in [5.74, 6) is -1.71. The van der Waals surface area contributed by atoms with E-state index in [0.29, 0.717) is 21.7 Å². The van der Waals surface area contributed by atoms with Crippen molar-refractivity contribution in [2.75, 3.05) is 19.0 Å². The molecule has 3 aromatic rings. The largest absolute Gasteiger partial charge is 0.465 e. The highest BCUT2D eigenvalue weighted by Gasteiger charge is 2.23. The van der Waals surface area contributed by atoms with Crippen molar-refractivity contribution < 1.29 is 23.9 Å². The summed E-state index contributed by atoms with van der Waals surface area (Å²) in [5, 5.41) is 14.2. The lowest BCUT2D eigenvalue weighted by Crippen LogP contribution is -2.16. The van der Waals surface area contributed by atoms with Gasteiger partial charge in [-0.25, -0.2) is 9.59 Å². The third-order valence-corrected chi connectivity index (χ3v) is 5.49. The second-order valence-corrected chi connectivity index (χ2v) is 7.56. The lowest BCUT2D eigenvalue weighted by molar-refractivity contribution is -0.112. The first-order valence-electron chi connectivity index (χ1n) is 9.94. The molecule has 1 heterocycles. The number of carbonyl (C=O) groups is 3. The molecule has 0 aliphatic rings. The molecule has 0 radical (unpaired) electrons. The quantitative estimate of drug-likeness (QED) is 0.305. The molecule has 0 atom stereocenters. The Morgan fingerprint density at radius 1 is 1.06 bits per heavy atom. The number of carbonyl (C=O) groups excluding carboxylic acids is 3. The van der Waals surface area contributed by atoms with E-state index in [2.05, 4.69) is 10.1 Å². The third-order valence-electron chi connectivity index (χ3n) is 4.59. The van der Waals surface area contributed by atoms with Crippen molar-refractivity contribution in [2.45, 2.75) is 6.92 Å². The molecule has 0 aliphatic carbocycles. The van der Waals surface area contributed by atoms with E-state index in [1.54, 1.807) is 24.4 Å². The minimum Gasteiger partial charge on any atom is -0.465 e. The molecule has 0 bridgehead atoms. The number of rotatable bonds is 7. The van der Waals surface area contributed by atoms with Crippen LogP contribution in [0.2, 0.25) is 0 Å². The number of nitriles is 1. The van der Waals surface area contributed by atoms with Gasteiger partial charge in [-0.2, -0.15) is 5.26 Å². The Bertz CT molecular complexity index is 1240. The van der Waals surface area contributed by atoms with Gasteiger partial charge in [0.05, 0.1) is 19.3 Å². The topological polar surface area (TPSA) is 105 Å². The van der Waals surface area contributed by atoms with Crippen LogP contribution in [-0.2, 0) is 14.3 Å². The Kier molecular flexibility index (Phi) is 7.73. The third kappa shape index (κ3) is 5.53. The Balaban J connectivity index is 1.90. The van der Waals surface area contributed by atoms with Gasteiger partial charge >= 0.3 is 11.9 Å². The van der Waals surface area contributed by atoms with Crippen molar-refractivity contribution in [1.29, 1.82) is 5.26 Å². The Labute approximate surface area is 194 Å². The van der Waals surface area contributed by atoms with Crippen molar-refractivity contribution in [3.8, 4) is 17.2 Å². The summed E-state index contributed by atoms with van der Waals surface area (Å²) in [6, 6.07) is 17.4. The van der Waals surface area contributed by atoms with E-state index in [4.69, 9.17) is 4.74 Å². The predicted molar refractivity (Wildman–Crippen MR) is 126 cm³/mol. The van der Waals surface area contributed by atoms with Gasteiger partial charge in [0.15, 0.2) is 0 Å². The molecule has 1 amide bonds. The SMILES string of the molecule is CCOC(=O)c1c(-c2ccccc2)csc1NC(=O)/C(C#N)=C/c1ccc(C(=O)OC)cc1. The smallest absolute Gasteiger partial charge is 0.341 e. The van der Waals surface area contributed by atoms with Gasteiger partial charge < -0.3 is 14.8 Å². The molecular weight excluding hydrogens is 440 g/mol. The molecule has 7 nitrogen and oxygen atoms in total. The zero-order chi connectivity index (χ0) is 23.8. The zero-order valence-electron chi connectivity index (χ0n) is 18.0. The number of hydrogen-bond donors (Lipinski definition) is 1. The second kappa shape index (κ2) is 10.9. The molecule has 0 saturated carbocycles. The number of esters is 2. The number of hydrogen-bond acceptors (Lipinski definition) is 7. The fourth-order valence-corrected chi connectivity index (χ4v) is 3.96. The highest BCUT2D eigenvalue weighted by Crippen LogP contribution is 2.36. The number of anilines is 1. The molecule has 1 aromatic heterocycles. The molecule has 0 spiro atoms. The maximum Gasteiger partial charge on any atom is 0.341 e. The van der Waals surface area contributed by atoms with E-state index in [1.165, 1.54) is 36.7 Å². The molecule has 0 fully saturated rings. The molecular formula is C25H20N2O5S. The highest BCUT2D eigenvalue weighted by atomic mass is 32.1. The lowest BCUT2D eigenvalue weighted by atomic mass is 10.0.